The van der Waals surface area contributed by atoms with E-state index in [1.165, 1.54) is 49.9 Å². The topological polar surface area (TPSA) is 84.9 Å². The van der Waals surface area contributed by atoms with Crippen LogP contribution in [0.15, 0.2) is 78.9 Å². The summed E-state index contributed by atoms with van der Waals surface area (Å²) in [7, 11) is 1.27. The van der Waals surface area contributed by atoms with Crippen molar-refractivity contribution in [1.82, 2.24) is 0 Å². The molecule has 0 saturated heterocycles. The van der Waals surface area contributed by atoms with Gasteiger partial charge >= 0.3 is 0 Å². The fraction of sp³-hybridized carbons (Fsp3) is 0.467. The van der Waals surface area contributed by atoms with Crippen molar-refractivity contribution in [2.75, 3.05) is 32.8 Å². The van der Waals surface area contributed by atoms with Crippen LogP contribution < -0.4 is 20.1 Å². The van der Waals surface area contributed by atoms with Gasteiger partial charge in [0.2, 0.25) is 0 Å². The molecule has 0 spiro atoms. The quantitative estimate of drug-likeness (QED) is 0.0990. The molecule has 4 aromatic carbocycles. The summed E-state index contributed by atoms with van der Waals surface area (Å²) in [5.74, 6) is 3.19. The van der Waals surface area contributed by atoms with Crippen LogP contribution in [0.25, 0.3) is 22.3 Å². The minimum Gasteiger partial charge on any atom is -0.496 e. The van der Waals surface area contributed by atoms with E-state index in [-0.39, 0.29) is 30.7 Å². The molecular weight excluding hydrogens is 804 g/mol. The van der Waals surface area contributed by atoms with E-state index in [1.54, 1.807) is 7.11 Å². The van der Waals surface area contributed by atoms with Crippen LogP contribution in [0.4, 0.5) is 5.69 Å². The van der Waals surface area contributed by atoms with Crippen molar-refractivity contribution in [3.05, 3.63) is 95.6 Å². The monoisotopic (exact) mass is 869 g/mol. The molecule has 0 saturated carbocycles. The van der Waals surface area contributed by atoms with E-state index in [1.807, 2.05) is 26.3 Å². The molecular formula is C45H66NO5PPdS. The molecule has 4 rings (SSSR count). The van der Waals surface area contributed by atoms with Gasteiger partial charge in [-0.25, -0.2) is 0 Å². The average molecular weight is 870 g/mol. The molecule has 0 bridgehead atoms. The second kappa shape index (κ2) is 21.0. The maximum Gasteiger partial charge on any atom is 0.261 e. The molecule has 0 fully saturated rings. The number of benzene rings is 4. The molecule has 0 aliphatic carbocycles. The predicted molar refractivity (Wildman–Crippen MR) is 232 cm³/mol. The van der Waals surface area contributed by atoms with Crippen LogP contribution in [-0.2, 0) is 30.5 Å². The summed E-state index contributed by atoms with van der Waals surface area (Å²) < 4.78 is 38.1. The summed E-state index contributed by atoms with van der Waals surface area (Å²) in [4.78, 5) is 0. The van der Waals surface area contributed by atoms with E-state index in [0.717, 1.165) is 11.5 Å². The molecule has 9 heteroatoms. The molecule has 0 radical (unpaired) electrons. The maximum absolute atomic E-state index is 9.19. The maximum atomic E-state index is 9.19. The molecule has 0 aliphatic heterocycles. The van der Waals surface area contributed by atoms with Crippen LogP contribution in [-0.4, -0.2) is 50.8 Å². The Morgan fingerprint density at radius 2 is 1.09 bits per heavy atom. The van der Waals surface area contributed by atoms with E-state index >= 15 is 0 Å². The Kier molecular flexibility index (Phi) is 19.2. The third-order valence-electron chi connectivity index (χ3n) is 8.77. The molecule has 0 heterocycles. The van der Waals surface area contributed by atoms with Gasteiger partial charge < -0.3 is 14.8 Å². The molecule has 54 heavy (non-hydrogen) atoms. The minimum absolute atomic E-state index is 0. The zero-order valence-electron chi connectivity index (χ0n) is 35.5. The van der Waals surface area contributed by atoms with Gasteiger partial charge in [-0.05, 0) is 74.1 Å². The van der Waals surface area contributed by atoms with Gasteiger partial charge in [0.05, 0.1) is 20.5 Å². The summed E-state index contributed by atoms with van der Waals surface area (Å²) in [5.41, 5.74) is 10.5. The van der Waals surface area contributed by atoms with Crippen molar-refractivity contribution in [1.29, 1.82) is 0 Å². The Morgan fingerprint density at radius 3 is 1.48 bits per heavy atom. The third kappa shape index (κ3) is 13.8. The van der Waals surface area contributed by atoms with E-state index < -0.39 is 18.0 Å². The molecule has 0 atom stereocenters. The first kappa shape index (κ1) is 49.3. The summed E-state index contributed by atoms with van der Waals surface area (Å²) in [6, 6.07) is 27.8. The van der Waals surface area contributed by atoms with Crippen molar-refractivity contribution in [2.45, 2.75) is 111 Å². The second-order valence-electron chi connectivity index (χ2n) is 16.3. The number of nitrogens with one attached hydrogen (secondary N) is 1. The molecule has 6 nitrogen and oxygen atoms in total. The molecule has 0 aromatic heterocycles. The Bertz CT molecular complexity index is 1830. The van der Waals surface area contributed by atoms with Gasteiger partial charge in [0, 0.05) is 49.6 Å². The average Bonchev–Trinajstić information content (AvgIpc) is 3.06. The minimum atomic E-state index is -3.67. The fourth-order valence-electron chi connectivity index (χ4n) is 6.84. The third-order valence-corrected chi connectivity index (χ3v) is 12.3. The Labute approximate surface area is 343 Å². The first-order chi connectivity index (χ1) is 24.5. The summed E-state index contributed by atoms with van der Waals surface area (Å²) in [6.45, 7) is 28.1. The van der Waals surface area contributed by atoms with Gasteiger partial charge in [0.25, 0.3) is 10.1 Å². The van der Waals surface area contributed by atoms with E-state index in [2.05, 4.69) is 155 Å². The largest absolute Gasteiger partial charge is 0.496 e. The van der Waals surface area contributed by atoms with Gasteiger partial charge in [-0.1, -0.05) is 152 Å². The summed E-state index contributed by atoms with van der Waals surface area (Å²) >= 11 is 0. The zero-order chi connectivity index (χ0) is 40.5. The SMILES string of the molecule is CNc1ccccc1-c1ccccc1.COc1ccc(OC)c(P(C(C)(C)C)C(C)(C)C)c1-c1c(C(C)C)cc(C(C)C)cc1C(C)C.CS(=O)(=O)O.[Pd]. The van der Waals surface area contributed by atoms with Gasteiger partial charge in [-0.2, -0.15) is 8.42 Å². The number of methoxy groups -OCH3 is 2. The molecule has 302 valence electrons. The predicted octanol–water partition coefficient (Wildman–Crippen LogP) is 12.3. The van der Waals surface area contributed by atoms with Gasteiger partial charge in [-0.15, -0.1) is 0 Å². The number of hydrogen-bond donors (Lipinski definition) is 2. The number of rotatable bonds is 9. The van der Waals surface area contributed by atoms with E-state index in [9.17, 15) is 8.42 Å². The Morgan fingerprint density at radius 1 is 0.667 bits per heavy atom. The Hall–Kier alpha value is -2.72. The molecule has 0 amide bonds. The Balaban J connectivity index is 0.000000596. The number of anilines is 1. The van der Waals surface area contributed by atoms with Crippen LogP contribution in [0.2, 0.25) is 0 Å². The standard InChI is InChI=1S/C31H49O2P.C13H13N.CH4O3S.Pd/c1-19(2)22-17-23(20(3)4)27(24(18-22)21(5)6)28-25(32-13)15-16-26(33-14)29(28)34(30(7,8)9)31(10,11)12;1-14-13-10-6-5-9-12(13)11-7-3-2-4-8-11;1-5(2,3)4;/h15-21H,1-14H3;2-10,14H,1H3;1H3,(H,2,3,4);. The summed E-state index contributed by atoms with van der Waals surface area (Å²) in [5, 5.41) is 4.71. The van der Waals surface area contributed by atoms with Crippen LogP contribution in [0.3, 0.4) is 0 Å². The number of hydrogen-bond acceptors (Lipinski definition) is 5. The van der Waals surface area contributed by atoms with Crippen LogP contribution in [0.1, 0.15) is 118 Å². The summed E-state index contributed by atoms with van der Waals surface area (Å²) in [6.07, 6.45) is 0.715. The van der Waals surface area contributed by atoms with Gasteiger partial charge in [0.15, 0.2) is 0 Å². The fourth-order valence-corrected chi connectivity index (χ4v) is 11.0. The molecule has 0 aliphatic rings. The van der Waals surface area contributed by atoms with Crippen LogP contribution in [0.5, 0.6) is 11.5 Å². The van der Waals surface area contributed by atoms with Crippen molar-refractivity contribution in [2.24, 2.45) is 0 Å². The van der Waals surface area contributed by atoms with Crippen molar-refractivity contribution < 1.29 is 42.9 Å². The van der Waals surface area contributed by atoms with Crippen molar-refractivity contribution in [3.63, 3.8) is 0 Å². The van der Waals surface area contributed by atoms with Gasteiger partial charge in [0.1, 0.15) is 11.5 Å². The van der Waals surface area contributed by atoms with Crippen LogP contribution >= 0.6 is 7.92 Å². The first-order valence-electron chi connectivity index (χ1n) is 18.5. The van der Waals surface area contributed by atoms with E-state index in [0.29, 0.717) is 24.0 Å². The first-order valence-corrected chi connectivity index (χ1v) is 21.6. The molecule has 2 N–H and O–H groups in total. The zero-order valence-corrected chi connectivity index (χ0v) is 38.8. The normalized spacial score (nSPS) is 11.7. The smallest absolute Gasteiger partial charge is 0.261 e. The number of ether oxygens (including phenoxy) is 2. The van der Waals surface area contributed by atoms with Crippen molar-refractivity contribution >= 4 is 29.0 Å². The number of para-hydroxylation sites is 1. The van der Waals surface area contributed by atoms with Crippen LogP contribution in [0, 0.1) is 0 Å². The molecule has 4 aromatic rings. The second-order valence-corrected chi connectivity index (χ2v) is 21.6. The molecule has 0 unspecified atom stereocenters. The van der Waals surface area contributed by atoms with Gasteiger partial charge in [-0.3, -0.25) is 4.55 Å². The van der Waals surface area contributed by atoms with Crippen molar-refractivity contribution in [3.8, 4) is 33.8 Å². The van der Waals surface area contributed by atoms with E-state index in [4.69, 9.17) is 14.0 Å².